The molecule has 1 heterocycles. The number of nitrogens with two attached hydrogens (primary N) is 1. The van der Waals surface area contributed by atoms with Gasteiger partial charge in [-0.15, -0.1) is 0 Å². The first kappa shape index (κ1) is 13.6. The van der Waals surface area contributed by atoms with Crippen molar-refractivity contribution in [3.05, 3.63) is 24.0 Å². The van der Waals surface area contributed by atoms with Gasteiger partial charge in [0.2, 0.25) is 5.95 Å². The van der Waals surface area contributed by atoms with Crippen LogP contribution in [0.1, 0.15) is 19.3 Å². The molecule has 104 valence electrons. The van der Waals surface area contributed by atoms with Crippen molar-refractivity contribution in [3.8, 4) is 0 Å². The minimum atomic E-state index is -4.14. The monoisotopic (exact) mass is 275 g/mol. The lowest BCUT2D eigenvalue weighted by atomic mass is 10.2. The predicted molar refractivity (Wildman–Crippen MR) is 64.0 cm³/mol. The fraction of sp³-hybridized carbons (Fsp3) is 0.417. The van der Waals surface area contributed by atoms with Crippen LogP contribution < -0.4 is 5.73 Å². The van der Waals surface area contributed by atoms with Crippen LogP contribution >= 0.6 is 0 Å². The van der Waals surface area contributed by atoms with Crippen LogP contribution in [0.2, 0.25) is 0 Å². The predicted octanol–water partition coefficient (Wildman–Crippen LogP) is 3.49. The van der Waals surface area contributed by atoms with Crippen LogP contribution in [-0.2, 0) is 6.54 Å². The molecule has 0 aliphatic rings. The van der Waals surface area contributed by atoms with Gasteiger partial charge in [-0.3, -0.25) is 0 Å². The molecule has 0 saturated heterocycles. The Morgan fingerprint density at radius 2 is 1.95 bits per heavy atom. The lowest BCUT2D eigenvalue weighted by Crippen LogP contribution is -2.08. The van der Waals surface area contributed by atoms with Gasteiger partial charge in [-0.05, 0) is 31.0 Å². The molecule has 0 bridgehead atoms. The highest BCUT2D eigenvalue weighted by molar-refractivity contribution is 5.78. The summed E-state index contributed by atoms with van der Waals surface area (Å²) in [7, 11) is 0. The number of anilines is 1. The van der Waals surface area contributed by atoms with Crippen LogP contribution in [0.4, 0.5) is 23.5 Å². The Hall–Kier alpha value is -1.79. The molecule has 0 radical (unpaired) electrons. The number of imidazole rings is 1. The van der Waals surface area contributed by atoms with Gasteiger partial charge in [-0.2, -0.15) is 13.2 Å². The maximum absolute atomic E-state index is 13.1. The molecule has 1 aromatic carbocycles. The number of fused-ring (bicyclic) bond motifs is 1. The first-order valence-corrected chi connectivity index (χ1v) is 5.85. The van der Waals surface area contributed by atoms with Gasteiger partial charge in [0.05, 0.1) is 11.0 Å². The summed E-state index contributed by atoms with van der Waals surface area (Å²) in [5.74, 6) is -0.239. The fourth-order valence-electron chi connectivity index (χ4n) is 1.94. The van der Waals surface area contributed by atoms with Crippen molar-refractivity contribution in [3.63, 3.8) is 0 Å². The van der Waals surface area contributed by atoms with Gasteiger partial charge in [0.1, 0.15) is 5.82 Å². The highest BCUT2D eigenvalue weighted by Crippen LogP contribution is 2.24. The summed E-state index contributed by atoms with van der Waals surface area (Å²) in [5.41, 5.74) is 6.72. The SMILES string of the molecule is Nc1nc2ccc(F)cc2n1CCCCC(F)(F)F. The summed E-state index contributed by atoms with van der Waals surface area (Å²) in [6.45, 7) is 0.294. The third kappa shape index (κ3) is 3.36. The summed E-state index contributed by atoms with van der Waals surface area (Å²) >= 11 is 0. The number of hydrogen-bond acceptors (Lipinski definition) is 2. The van der Waals surface area contributed by atoms with Crippen molar-refractivity contribution in [1.29, 1.82) is 0 Å². The Balaban J connectivity index is 2.08. The average molecular weight is 275 g/mol. The van der Waals surface area contributed by atoms with Crippen molar-refractivity contribution >= 4 is 17.0 Å². The zero-order chi connectivity index (χ0) is 14.0. The first-order chi connectivity index (χ1) is 8.87. The molecule has 0 aliphatic carbocycles. The first-order valence-electron chi connectivity index (χ1n) is 5.85. The molecule has 0 fully saturated rings. The minimum Gasteiger partial charge on any atom is -0.369 e. The van der Waals surface area contributed by atoms with E-state index < -0.39 is 18.4 Å². The molecule has 3 nitrogen and oxygen atoms in total. The van der Waals surface area contributed by atoms with Gasteiger partial charge in [-0.25, -0.2) is 9.37 Å². The summed E-state index contributed by atoms with van der Waals surface area (Å²) in [5, 5.41) is 0. The Bertz CT molecular complexity index is 574. The minimum absolute atomic E-state index is 0.0118. The number of alkyl halides is 3. The lowest BCUT2D eigenvalue weighted by molar-refractivity contribution is -0.135. The third-order valence-electron chi connectivity index (χ3n) is 2.83. The second-order valence-electron chi connectivity index (χ2n) is 4.33. The van der Waals surface area contributed by atoms with E-state index in [0.717, 1.165) is 0 Å². The topological polar surface area (TPSA) is 43.8 Å². The normalized spacial score (nSPS) is 12.2. The molecule has 2 aromatic rings. The standard InChI is InChI=1S/C12H13F4N3/c13-8-3-4-9-10(7-8)19(11(17)18-9)6-2-1-5-12(14,15)16/h3-4,7H,1-2,5-6H2,(H2,17,18). The molecule has 0 aliphatic heterocycles. The number of nitrogen functional groups attached to an aromatic ring is 1. The number of aryl methyl sites for hydroxylation is 1. The maximum Gasteiger partial charge on any atom is 0.389 e. The van der Waals surface area contributed by atoms with E-state index in [4.69, 9.17) is 5.73 Å². The van der Waals surface area contributed by atoms with E-state index in [2.05, 4.69) is 4.98 Å². The third-order valence-corrected chi connectivity index (χ3v) is 2.83. The Morgan fingerprint density at radius 1 is 1.21 bits per heavy atom. The Kier molecular flexibility index (Phi) is 3.64. The quantitative estimate of drug-likeness (QED) is 0.685. The zero-order valence-corrected chi connectivity index (χ0v) is 10.0. The lowest BCUT2D eigenvalue weighted by Gasteiger charge is -2.08. The molecular formula is C12H13F4N3. The summed E-state index contributed by atoms with van der Waals surface area (Å²) in [4.78, 5) is 4.03. The van der Waals surface area contributed by atoms with Crippen LogP contribution in [0.25, 0.3) is 11.0 Å². The van der Waals surface area contributed by atoms with E-state index in [-0.39, 0.29) is 12.4 Å². The smallest absolute Gasteiger partial charge is 0.369 e. The van der Waals surface area contributed by atoms with Gasteiger partial charge in [-0.1, -0.05) is 0 Å². The average Bonchev–Trinajstić information content (AvgIpc) is 2.59. The highest BCUT2D eigenvalue weighted by Gasteiger charge is 2.25. The van der Waals surface area contributed by atoms with Gasteiger partial charge in [0.25, 0.3) is 0 Å². The number of benzene rings is 1. The van der Waals surface area contributed by atoms with Crippen molar-refractivity contribution in [2.24, 2.45) is 0 Å². The number of unbranched alkanes of at least 4 members (excludes halogenated alkanes) is 1. The van der Waals surface area contributed by atoms with Crippen molar-refractivity contribution in [1.82, 2.24) is 9.55 Å². The van der Waals surface area contributed by atoms with Gasteiger partial charge < -0.3 is 10.3 Å². The molecule has 1 aromatic heterocycles. The van der Waals surface area contributed by atoms with Crippen LogP contribution in [0, 0.1) is 5.82 Å². The van der Waals surface area contributed by atoms with Crippen molar-refractivity contribution in [2.75, 3.05) is 5.73 Å². The zero-order valence-electron chi connectivity index (χ0n) is 10.0. The molecule has 0 spiro atoms. The van der Waals surface area contributed by atoms with Crippen LogP contribution in [0.15, 0.2) is 18.2 Å². The molecule has 0 atom stereocenters. The van der Waals surface area contributed by atoms with Crippen LogP contribution in [-0.4, -0.2) is 15.7 Å². The van der Waals surface area contributed by atoms with E-state index in [1.165, 1.54) is 22.8 Å². The Labute approximate surface area is 107 Å². The summed E-state index contributed by atoms with van der Waals surface area (Å²) < 4.78 is 50.7. The molecule has 0 unspecified atom stereocenters. The number of nitrogens with zero attached hydrogens (tertiary/aromatic N) is 2. The van der Waals surface area contributed by atoms with E-state index in [0.29, 0.717) is 24.0 Å². The summed E-state index contributed by atoms with van der Waals surface area (Å²) in [6, 6.07) is 4.04. The van der Waals surface area contributed by atoms with Crippen LogP contribution in [0.3, 0.4) is 0 Å². The molecule has 2 N–H and O–H groups in total. The van der Waals surface area contributed by atoms with E-state index in [9.17, 15) is 17.6 Å². The van der Waals surface area contributed by atoms with Crippen molar-refractivity contribution < 1.29 is 17.6 Å². The number of hydrogen-bond donors (Lipinski definition) is 1. The van der Waals surface area contributed by atoms with E-state index in [1.54, 1.807) is 0 Å². The van der Waals surface area contributed by atoms with Crippen LogP contribution in [0.5, 0.6) is 0 Å². The second kappa shape index (κ2) is 5.07. The van der Waals surface area contributed by atoms with Crippen molar-refractivity contribution in [2.45, 2.75) is 32.0 Å². The maximum atomic E-state index is 13.1. The largest absolute Gasteiger partial charge is 0.389 e. The summed E-state index contributed by atoms with van der Waals surface area (Å²) in [6.07, 6.45) is -4.65. The fourth-order valence-corrected chi connectivity index (χ4v) is 1.94. The highest BCUT2D eigenvalue weighted by atomic mass is 19.4. The van der Waals surface area contributed by atoms with Gasteiger partial charge in [0.15, 0.2) is 0 Å². The van der Waals surface area contributed by atoms with E-state index >= 15 is 0 Å². The Morgan fingerprint density at radius 3 is 2.63 bits per heavy atom. The van der Waals surface area contributed by atoms with Gasteiger partial charge >= 0.3 is 6.18 Å². The molecule has 7 heteroatoms. The number of aromatic nitrogens is 2. The molecular weight excluding hydrogens is 262 g/mol. The number of halogens is 4. The molecule has 0 amide bonds. The number of rotatable bonds is 4. The molecule has 0 saturated carbocycles. The molecule has 2 rings (SSSR count). The molecule has 19 heavy (non-hydrogen) atoms. The van der Waals surface area contributed by atoms with Gasteiger partial charge in [0, 0.05) is 13.0 Å². The second-order valence-corrected chi connectivity index (χ2v) is 4.33. The van der Waals surface area contributed by atoms with E-state index in [1.807, 2.05) is 0 Å².